The lowest BCUT2D eigenvalue weighted by atomic mass is 10.6. The number of rotatable bonds is 54. The molecular formula is C39H76O19. The molecule has 0 saturated carbocycles. The quantitative estimate of drug-likeness (QED) is 0.0632. The van der Waals surface area contributed by atoms with Crippen LogP contribution in [0.3, 0.4) is 0 Å². The number of hydrogen-bond donors (Lipinski definition) is 1. The van der Waals surface area contributed by atoms with Crippen molar-refractivity contribution >= 4 is 0 Å². The fourth-order valence-corrected chi connectivity index (χ4v) is 3.93. The summed E-state index contributed by atoms with van der Waals surface area (Å²) >= 11 is 0. The molecule has 0 aromatic rings. The summed E-state index contributed by atoms with van der Waals surface area (Å²) in [6.45, 7) is 17.5. The van der Waals surface area contributed by atoms with E-state index in [2.05, 4.69) is 5.92 Å². The van der Waals surface area contributed by atoms with Crippen molar-refractivity contribution in [2.45, 2.75) is 0 Å². The van der Waals surface area contributed by atoms with E-state index < -0.39 is 0 Å². The Hall–Kier alpha value is -1.20. The summed E-state index contributed by atoms with van der Waals surface area (Å²) in [5, 5.41) is 8.59. The van der Waals surface area contributed by atoms with Gasteiger partial charge in [-0.3, -0.25) is 0 Å². The molecule has 0 spiro atoms. The predicted molar refractivity (Wildman–Crippen MR) is 211 cm³/mol. The minimum Gasteiger partial charge on any atom is -0.394 e. The molecule has 0 bridgehead atoms. The number of hydrogen-bond acceptors (Lipinski definition) is 19. The second kappa shape index (κ2) is 55.8. The van der Waals surface area contributed by atoms with E-state index in [1.165, 1.54) is 0 Å². The third kappa shape index (κ3) is 54.8. The maximum absolute atomic E-state index is 8.59. The third-order valence-electron chi connectivity index (χ3n) is 6.75. The van der Waals surface area contributed by atoms with Crippen LogP contribution in [-0.2, 0) is 85.3 Å². The van der Waals surface area contributed by atoms with Gasteiger partial charge in [0.2, 0.25) is 0 Å². The van der Waals surface area contributed by atoms with Gasteiger partial charge in [0.05, 0.1) is 238 Å². The lowest BCUT2D eigenvalue weighted by Gasteiger charge is -2.09. The highest BCUT2D eigenvalue weighted by Gasteiger charge is 1.98. The van der Waals surface area contributed by atoms with Gasteiger partial charge >= 0.3 is 0 Å². The minimum absolute atomic E-state index is 0.0204. The number of ether oxygens (including phenoxy) is 18. The molecule has 19 heteroatoms. The van der Waals surface area contributed by atoms with Gasteiger partial charge in [-0.15, -0.1) is 6.42 Å². The van der Waals surface area contributed by atoms with Crippen LogP contribution in [0.15, 0.2) is 0 Å². The second-order valence-corrected chi connectivity index (χ2v) is 11.4. The molecule has 0 heterocycles. The van der Waals surface area contributed by atoms with Crippen LogP contribution >= 0.6 is 0 Å². The molecular weight excluding hydrogens is 772 g/mol. The summed E-state index contributed by atoms with van der Waals surface area (Å²) in [4.78, 5) is 0. The highest BCUT2D eigenvalue weighted by Crippen LogP contribution is 1.89. The largest absolute Gasteiger partial charge is 0.394 e. The monoisotopic (exact) mass is 848 g/mol. The third-order valence-corrected chi connectivity index (χ3v) is 6.75. The lowest BCUT2D eigenvalue weighted by Crippen LogP contribution is -2.16. The molecule has 0 rings (SSSR count). The molecule has 0 amide bonds. The molecule has 0 aliphatic rings. The van der Waals surface area contributed by atoms with E-state index >= 15 is 0 Å². The normalized spacial score (nSPS) is 11.5. The van der Waals surface area contributed by atoms with Crippen molar-refractivity contribution in [3.63, 3.8) is 0 Å². The van der Waals surface area contributed by atoms with Crippen LogP contribution in [0.5, 0.6) is 0 Å². The van der Waals surface area contributed by atoms with E-state index in [9.17, 15) is 0 Å². The second-order valence-electron chi connectivity index (χ2n) is 11.4. The molecule has 58 heavy (non-hydrogen) atoms. The molecule has 0 fully saturated rings. The molecule has 0 atom stereocenters. The first-order valence-corrected chi connectivity index (χ1v) is 20.4. The first kappa shape index (κ1) is 56.8. The van der Waals surface area contributed by atoms with Crippen molar-refractivity contribution in [2.24, 2.45) is 0 Å². The van der Waals surface area contributed by atoms with Gasteiger partial charge in [-0.05, 0) is 0 Å². The van der Waals surface area contributed by atoms with E-state index in [1.54, 1.807) is 0 Å². The maximum Gasteiger partial charge on any atom is 0.107 e. The molecule has 0 aliphatic heterocycles. The van der Waals surface area contributed by atoms with Crippen molar-refractivity contribution in [1.82, 2.24) is 0 Å². The van der Waals surface area contributed by atoms with Gasteiger partial charge in [0.25, 0.3) is 0 Å². The van der Waals surface area contributed by atoms with Crippen molar-refractivity contribution in [3.8, 4) is 12.3 Å². The number of terminal acetylenes is 1. The molecule has 346 valence electrons. The molecule has 0 unspecified atom stereocenters. The zero-order valence-electron chi connectivity index (χ0n) is 35.0. The van der Waals surface area contributed by atoms with Crippen molar-refractivity contribution < 1.29 is 90.4 Å². The SMILES string of the molecule is C#CCOCCOCCOCCOCCOCCOCCOCCOCCOCCOCCOCCOCCOCCOCCOCCOCCOCCOCCO. The van der Waals surface area contributed by atoms with Crippen LogP contribution in [0.25, 0.3) is 0 Å². The molecule has 0 aliphatic carbocycles. The Bertz CT molecular complexity index is 767. The minimum atomic E-state index is 0.0204. The first-order valence-electron chi connectivity index (χ1n) is 20.4. The van der Waals surface area contributed by atoms with E-state index in [0.29, 0.717) is 238 Å². The summed E-state index contributed by atoms with van der Waals surface area (Å²) < 4.78 is 97.4. The van der Waals surface area contributed by atoms with E-state index in [0.717, 1.165) is 0 Å². The molecule has 0 aromatic carbocycles. The van der Waals surface area contributed by atoms with Gasteiger partial charge in [0, 0.05) is 0 Å². The summed E-state index contributed by atoms with van der Waals surface area (Å²) in [5.41, 5.74) is 0. The standard InChI is InChI=1S/C39H76O19/c1-2-4-41-6-8-43-10-12-45-14-16-47-18-20-49-22-24-51-26-28-53-30-32-55-34-36-57-38-39-58-37-35-56-33-31-54-29-27-52-25-23-50-21-19-48-17-15-46-13-11-44-9-7-42-5-3-40/h1,40H,3-39H2. The average Bonchev–Trinajstić information content (AvgIpc) is 3.23. The Morgan fingerprint density at radius 1 is 0.207 bits per heavy atom. The fraction of sp³-hybridized carbons (Fsp3) is 0.949. The van der Waals surface area contributed by atoms with Crippen molar-refractivity contribution in [1.29, 1.82) is 0 Å². The Kier molecular flexibility index (Phi) is 54.6. The van der Waals surface area contributed by atoms with Crippen LogP contribution in [-0.4, -0.2) is 250 Å². The predicted octanol–water partition coefficient (Wildman–Crippen LogP) is -0.0893. The van der Waals surface area contributed by atoms with Gasteiger partial charge in [-0.25, -0.2) is 0 Å². The summed E-state index contributed by atoms with van der Waals surface area (Å²) in [6, 6.07) is 0. The molecule has 0 saturated heterocycles. The molecule has 1 N–H and O–H groups in total. The van der Waals surface area contributed by atoms with E-state index in [-0.39, 0.29) is 6.61 Å². The summed E-state index contributed by atoms with van der Waals surface area (Å²) in [6.07, 6.45) is 5.09. The summed E-state index contributed by atoms with van der Waals surface area (Å²) in [5.74, 6) is 2.40. The van der Waals surface area contributed by atoms with Gasteiger partial charge in [0.1, 0.15) is 6.61 Å². The topological polar surface area (TPSA) is 186 Å². The molecule has 0 radical (unpaired) electrons. The van der Waals surface area contributed by atoms with Gasteiger partial charge in [-0.1, -0.05) is 5.92 Å². The Balaban J connectivity index is 3.06. The Labute approximate surface area is 346 Å². The van der Waals surface area contributed by atoms with Crippen LogP contribution in [0, 0.1) is 12.3 Å². The molecule has 0 aromatic heterocycles. The number of aliphatic hydroxyl groups excluding tert-OH is 1. The van der Waals surface area contributed by atoms with Gasteiger partial charge < -0.3 is 90.4 Å². The highest BCUT2D eigenvalue weighted by atomic mass is 16.6. The number of aliphatic hydroxyl groups is 1. The fourth-order valence-electron chi connectivity index (χ4n) is 3.93. The smallest absolute Gasteiger partial charge is 0.107 e. The van der Waals surface area contributed by atoms with Gasteiger partial charge in [-0.2, -0.15) is 0 Å². The van der Waals surface area contributed by atoms with Gasteiger partial charge in [0.15, 0.2) is 0 Å². The zero-order valence-corrected chi connectivity index (χ0v) is 35.0. The van der Waals surface area contributed by atoms with E-state index in [4.69, 9.17) is 96.8 Å². The Morgan fingerprint density at radius 2 is 0.328 bits per heavy atom. The average molecular weight is 849 g/mol. The van der Waals surface area contributed by atoms with E-state index in [1.807, 2.05) is 0 Å². The van der Waals surface area contributed by atoms with Crippen LogP contribution in [0.1, 0.15) is 0 Å². The lowest BCUT2D eigenvalue weighted by molar-refractivity contribution is -0.0310. The zero-order chi connectivity index (χ0) is 41.6. The summed E-state index contributed by atoms with van der Waals surface area (Å²) in [7, 11) is 0. The molecule has 19 nitrogen and oxygen atoms in total. The first-order chi connectivity index (χ1) is 28.9. The Morgan fingerprint density at radius 3 is 0.448 bits per heavy atom. The van der Waals surface area contributed by atoms with Crippen molar-refractivity contribution in [2.75, 3.05) is 244 Å². The van der Waals surface area contributed by atoms with Crippen molar-refractivity contribution in [3.05, 3.63) is 0 Å². The maximum atomic E-state index is 8.59. The highest BCUT2D eigenvalue weighted by molar-refractivity contribution is 4.82. The van der Waals surface area contributed by atoms with Crippen LogP contribution in [0.4, 0.5) is 0 Å². The van der Waals surface area contributed by atoms with Crippen LogP contribution < -0.4 is 0 Å². The van der Waals surface area contributed by atoms with Crippen LogP contribution in [0.2, 0.25) is 0 Å².